The van der Waals surface area contributed by atoms with Crippen molar-refractivity contribution >= 4 is 23.0 Å². The van der Waals surface area contributed by atoms with Gasteiger partial charge in [0.05, 0.1) is 43.6 Å². The highest BCUT2D eigenvalue weighted by atomic mass is 16.4. The van der Waals surface area contributed by atoms with Crippen LogP contribution >= 0.6 is 0 Å². The van der Waals surface area contributed by atoms with Gasteiger partial charge in [-0.2, -0.15) is 0 Å². The molecule has 0 aromatic heterocycles. The van der Waals surface area contributed by atoms with Gasteiger partial charge >= 0.3 is 0 Å². The second-order valence-electron chi connectivity index (χ2n) is 9.75. The number of hydrogen-bond donors (Lipinski definition) is 3. The van der Waals surface area contributed by atoms with E-state index in [-0.39, 0.29) is 87.0 Å². The molecule has 15 nitrogen and oxygen atoms in total. The van der Waals surface area contributed by atoms with Gasteiger partial charge < -0.3 is 15.5 Å². The third-order valence-corrected chi connectivity index (χ3v) is 7.69. The van der Waals surface area contributed by atoms with E-state index >= 15 is 0 Å². The minimum absolute atomic E-state index is 0.0522. The Morgan fingerprint density at radius 1 is 0.690 bits per heavy atom. The van der Waals surface area contributed by atoms with Crippen LogP contribution in [0.2, 0.25) is 0 Å². The lowest BCUT2D eigenvalue weighted by Crippen LogP contribution is -2.13. The molecule has 0 saturated heterocycles. The molecule has 0 radical (unpaired) electrons. The highest BCUT2D eigenvalue weighted by molar-refractivity contribution is 6.50. The molecule has 6 aliphatic carbocycles. The van der Waals surface area contributed by atoms with Gasteiger partial charge in [0.1, 0.15) is 11.5 Å². The third-order valence-electron chi connectivity index (χ3n) is 7.69. The van der Waals surface area contributed by atoms with Crippen LogP contribution in [0.25, 0.3) is 14.5 Å². The molecule has 0 heterocycles. The van der Waals surface area contributed by atoms with Crippen LogP contribution in [0.15, 0.2) is 60.8 Å². The molecule has 0 aliphatic heterocycles. The van der Waals surface area contributed by atoms with Gasteiger partial charge in [0, 0.05) is 34.5 Å². The molecule has 6 atom stereocenters. The lowest BCUT2D eigenvalue weighted by Gasteiger charge is -2.04. The monoisotopic (exact) mass is 561 g/mol. The lowest BCUT2D eigenvalue weighted by molar-refractivity contribution is -0.116. The normalized spacial score (nSPS) is 32.6. The Bertz CT molecular complexity index is 1700. The maximum Gasteiger partial charge on any atom is 0.267 e. The standard InChI is InChI=1S/C12H5N5O.C9H5N3O2.C6H5NO3/c1-15-8(4-13)10-6-3-7(6)11(12(10)17-18)9(5-14)16-2;1-11-6(3-10)7-4-2-5(4)9(13)8(7)12-14;8-5-2-1-3(2)6(9)4(5)7-10/h6-7,18H,3H2;4-5,14H,2H2;2-3,8H,1H2/b10-8+,11-9+,17-12?;7-6?,12-8-;. The van der Waals surface area contributed by atoms with Crippen LogP contribution in [0.3, 0.4) is 0 Å². The minimum Gasteiger partial charge on any atom is -0.509 e. The molecular formula is C27H15N9O6. The number of aliphatic hydroxyl groups is 1. The Labute approximate surface area is 237 Å². The minimum atomic E-state index is -0.280. The summed E-state index contributed by atoms with van der Waals surface area (Å²) < 4.78 is 0. The molecule has 5 fully saturated rings. The second-order valence-corrected chi connectivity index (χ2v) is 9.75. The Kier molecular flexibility index (Phi) is 7.48. The molecule has 6 rings (SSSR count). The second kappa shape index (κ2) is 11.0. The molecule has 0 amide bonds. The number of oxime groups is 2. The summed E-state index contributed by atoms with van der Waals surface area (Å²) in [5, 5.41) is 61.5. The zero-order chi connectivity index (χ0) is 30.9. The summed E-state index contributed by atoms with van der Waals surface area (Å²) in [5.74, 6) is -1.16. The average Bonchev–Trinajstić information content (AvgIpc) is 3.92. The number of fused-ring (bicyclic) bond motifs is 3. The first kappa shape index (κ1) is 28.6. The van der Waals surface area contributed by atoms with E-state index in [0.29, 0.717) is 36.0 Å². The molecular weight excluding hydrogens is 546 g/mol. The van der Waals surface area contributed by atoms with Crippen LogP contribution in [0.4, 0.5) is 0 Å². The van der Waals surface area contributed by atoms with E-state index < -0.39 is 0 Å². The zero-order valence-electron chi connectivity index (χ0n) is 21.2. The highest BCUT2D eigenvalue weighted by Gasteiger charge is 2.57. The van der Waals surface area contributed by atoms with Gasteiger partial charge in [0.15, 0.2) is 17.3 Å². The Morgan fingerprint density at radius 2 is 1.07 bits per heavy atom. The molecule has 5 saturated carbocycles. The molecule has 0 aromatic carbocycles. The number of Topliss-reactive ketones (excluding diaryl/α,β-unsaturated/α-hetero) is 2. The summed E-state index contributed by atoms with van der Waals surface area (Å²) in [6.45, 7) is 20.6. The first-order valence-electron chi connectivity index (χ1n) is 12.1. The van der Waals surface area contributed by atoms with E-state index in [1.165, 1.54) is 0 Å². The number of nitroso groups, excluding NO2 is 1. The first-order chi connectivity index (χ1) is 20.2. The smallest absolute Gasteiger partial charge is 0.267 e. The van der Waals surface area contributed by atoms with E-state index in [1.807, 2.05) is 0 Å². The summed E-state index contributed by atoms with van der Waals surface area (Å²) in [6, 6.07) is 5.24. The van der Waals surface area contributed by atoms with Crippen molar-refractivity contribution in [3.8, 4) is 18.2 Å². The molecule has 6 aliphatic rings. The van der Waals surface area contributed by atoms with Gasteiger partial charge in [-0.05, 0) is 42.2 Å². The van der Waals surface area contributed by atoms with E-state index in [4.69, 9.17) is 51.0 Å². The summed E-state index contributed by atoms with van der Waals surface area (Å²) in [4.78, 5) is 41.4. The fraction of sp³-hybridized carbons (Fsp3) is 0.333. The van der Waals surface area contributed by atoms with E-state index in [2.05, 4.69) is 30.0 Å². The van der Waals surface area contributed by atoms with Crippen molar-refractivity contribution in [2.75, 3.05) is 0 Å². The fourth-order valence-corrected chi connectivity index (χ4v) is 5.48. The topological polar surface area (TPSA) is 233 Å². The van der Waals surface area contributed by atoms with Crippen LogP contribution in [-0.2, 0) is 9.59 Å². The number of hydrogen-bond acceptors (Lipinski definition) is 12. The SMILES string of the molecule is O=NC1=C(O)C2CC2C1=O.[C-]#[N+]/C(C#N)=C1/C(=NO)/C(=C(\C#N)[N+]#[C-])C2CC12.[C-]#[N+]C(C#N)=C1/C(=N/O)C(=O)C2CC12. The molecule has 15 heteroatoms. The number of nitriles is 3. The van der Waals surface area contributed by atoms with Crippen LogP contribution in [0.1, 0.15) is 19.3 Å². The van der Waals surface area contributed by atoms with Gasteiger partial charge in [0.25, 0.3) is 17.1 Å². The zero-order valence-corrected chi connectivity index (χ0v) is 21.2. The van der Waals surface area contributed by atoms with Crippen LogP contribution < -0.4 is 0 Å². The number of ketones is 2. The average molecular weight is 561 g/mol. The molecule has 0 spiro atoms. The van der Waals surface area contributed by atoms with E-state index in [1.54, 1.807) is 18.2 Å². The maximum atomic E-state index is 11.4. The first-order valence-corrected chi connectivity index (χ1v) is 12.1. The number of carbonyl (C=O) groups excluding carboxylic acids is 2. The Balaban J connectivity index is 0.000000150. The Hall–Kier alpha value is -6.42. The maximum absolute atomic E-state index is 11.4. The quantitative estimate of drug-likeness (QED) is 0.140. The summed E-state index contributed by atoms with van der Waals surface area (Å²) in [7, 11) is 0. The number of aliphatic hydroxyl groups excluding tert-OH is 1. The van der Waals surface area contributed by atoms with Crippen molar-refractivity contribution in [1.82, 2.24) is 0 Å². The molecule has 42 heavy (non-hydrogen) atoms. The molecule has 6 unspecified atom stereocenters. The molecule has 3 N–H and O–H groups in total. The van der Waals surface area contributed by atoms with Crippen LogP contribution in [-0.4, -0.2) is 38.5 Å². The predicted molar refractivity (Wildman–Crippen MR) is 136 cm³/mol. The number of nitrogens with zero attached hydrogens (tertiary/aromatic N) is 9. The van der Waals surface area contributed by atoms with Crippen LogP contribution in [0, 0.1) is 94.1 Å². The Morgan fingerprint density at radius 3 is 1.40 bits per heavy atom. The van der Waals surface area contributed by atoms with Gasteiger partial charge in [-0.15, -0.1) is 4.91 Å². The largest absolute Gasteiger partial charge is 0.509 e. The summed E-state index contributed by atoms with van der Waals surface area (Å²) in [6.07, 6.45) is 2.06. The lowest BCUT2D eigenvalue weighted by atomic mass is 10.0. The van der Waals surface area contributed by atoms with E-state index in [9.17, 15) is 14.5 Å². The summed E-state index contributed by atoms with van der Waals surface area (Å²) >= 11 is 0. The number of allylic oxidation sites excluding steroid dienone is 8. The van der Waals surface area contributed by atoms with Crippen LogP contribution in [0.5, 0.6) is 0 Å². The van der Waals surface area contributed by atoms with Crippen molar-refractivity contribution in [2.24, 2.45) is 51.0 Å². The van der Waals surface area contributed by atoms with Crippen molar-refractivity contribution in [2.45, 2.75) is 19.3 Å². The number of carbonyl (C=O) groups is 2. The predicted octanol–water partition coefficient (Wildman–Crippen LogP) is 3.33. The van der Waals surface area contributed by atoms with E-state index in [0.717, 1.165) is 0 Å². The molecule has 0 aromatic rings. The van der Waals surface area contributed by atoms with Gasteiger partial charge in [-0.25, -0.2) is 30.3 Å². The van der Waals surface area contributed by atoms with Gasteiger partial charge in [-0.1, -0.05) is 10.3 Å². The fourth-order valence-electron chi connectivity index (χ4n) is 5.48. The van der Waals surface area contributed by atoms with Gasteiger partial charge in [-0.3, -0.25) is 9.59 Å². The molecule has 0 bridgehead atoms. The molecule has 204 valence electrons. The highest BCUT2D eigenvalue weighted by Crippen LogP contribution is 2.58. The summed E-state index contributed by atoms with van der Waals surface area (Å²) in [5.41, 5.74) is 0.380. The third kappa shape index (κ3) is 4.44. The van der Waals surface area contributed by atoms with Crippen molar-refractivity contribution < 1.29 is 25.1 Å². The number of rotatable bonds is 1. The van der Waals surface area contributed by atoms with Crippen molar-refractivity contribution in [1.29, 1.82) is 15.8 Å². The van der Waals surface area contributed by atoms with Crippen molar-refractivity contribution in [3.05, 3.63) is 84.4 Å². The van der Waals surface area contributed by atoms with Gasteiger partial charge in [0.2, 0.25) is 0 Å². The van der Waals surface area contributed by atoms with Crippen molar-refractivity contribution in [3.63, 3.8) is 0 Å².